The Balaban J connectivity index is 2.61. The van der Waals surface area contributed by atoms with Crippen LogP contribution in [0.4, 0.5) is 0 Å². The molecule has 0 aromatic carbocycles. The molecule has 0 unspecified atom stereocenters. The van der Waals surface area contributed by atoms with Crippen molar-refractivity contribution in [1.82, 2.24) is 0 Å². The van der Waals surface area contributed by atoms with Gasteiger partial charge in [-0.2, -0.15) is 0 Å². The predicted octanol–water partition coefficient (Wildman–Crippen LogP) is -0.628. The zero-order chi connectivity index (χ0) is 3.54. The van der Waals surface area contributed by atoms with Gasteiger partial charge in [0.05, 0.1) is 0 Å². The summed E-state index contributed by atoms with van der Waals surface area (Å²) in [5.41, 5.74) is 0. The van der Waals surface area contributed by atoms with Gasteiger partial charge >= 0.3 is 53.8 Å². The van der Waals surface area contributed by atoms with Crippen LogP contribution in [0.3, 0.4) is 0 Å². The molecule has 0 amide bonds. The Kier molecular flexibility index (Phi) is 2.22. The van der Waals surface area contributed by atoms with Crippen molar-refractivity contribution >= 4 is 46.0 Å². The molecule has 0 aromatic heterocycles. The van der Waals surface area contributed by atoms with Gasteiger partial charge in [0, 0.05) is 0 Å². The molecule has 26 valence electrons. The van der Waals surface area contributed by atoms with Crippen LogP contribution in [-0.4, -0.2) is 46.0 Å². The summed E-state index contributed by atoms with van der Waals surface area (Å²) in [4.78, 5) is 0. The molecule has 0 saturated carbocycles. The third-order valence-corrected chi connectivity index (χ3v) is 14.6. The Hall–Kier alpha value is 1.31. The van der Waals surface area contributed by atoms with Gasteiger partial charge in [0.2, 0.25) is 0 Å². The first-order valence-electron chi connectivity index (χ1n) is 1.43. The van der Waals surface area contributed by atoms with E-state index in [9.17, 15) is 0 Å². The van der Waals surface area contributed by atoms with Crippen molar-refractivity contribution in [3.63, 3.8) is 0 Å². The summed E-state index contributed by atoms with van der Waals surface area (Å²) in [5.74, 6) is 0. The van der Waals surface area contributed by atoms with Crippen molar-refractivity contribution < 1.29 is 0 Å². The van der Waals surface area contributed by atoms with Crippen LogP contribution in [0.2, 0.25) is 0 Å². The first-order valence-corrected chi connectivity index (χ1v) is 8.86. The summed E-state index contributed by atoms with van der Waals surface area (Å²) >= 11 is 0.169. The third-order valence-electron chi connectivity index (χ3n) is 0.406. The van der Waals surface area contributed by atoms with E-state index in [0.717, 1.165) is 0 Å². The van der Waals surface area contributed by atoms with Crippen molar-refractivity contribution in [3.8, 4) is 0 Å². The molecule has 0 atom stereocenters. The Bertz CT molecular complexity index is 65.0. The van der Waals surface area contributed by atoms with E-state index in [4.69, 9.17) is 0 Å². The number of hydrogen-bond donors (Lipinski definition) is 0. The molecule has 0 fully saturated rings. The fraction of sp³-hybridized carbons (Fsp3) is 0. The van der Waals surface area contributed by atoms with Gasteiger partial charge in [-0.25, -0.2) is 0 Å². The van der Waals surface area contributed by atoms with Gasteiger partial charge in [-0.05, 0) is 0 Å². The Labute approximate surface area is 53.2 Å². The van der Waals surface area contributed by atoms with Crippen molar-refractivity contribution in [2.45, 2.75) is 0 Å². The molecule has 0 aliphatic carbocycles. The second-order valence-electron chi connectivity index (χ2n) is 0.761. The van der Waals surface area contributed by atoms with Gasteiger partial charge in [0.1, 0.15) is 0 Å². The van der Waals surface area contributed by atoms with Gasteiger partial charge in [-0.1, -0.05) is 0 Å². The molecule has 0 bridgehead atoms. The fourth-order valence-corrected chi connectivity index (χ4v) is 12.7. The van der Waals surface area contributed by atoms with E-state index >= 15 is 0 Å². The van der Waals surface area contributed by atoms with Crippen LogP contribution < -0.4 is 0 Å². The summed E-state index contributed by atoms with van der Waals surface area (Å²) in [6.45, 7) is 0. The average Bonchev–Trinajstić information content (AvgIpc) is 1.76. The minimum atomic E-state index is -0.0784. The predicted molar refractivity (Wildman–Crippen MR) is 28.1 cm³/mol. The van der Waals surface area contributed by atoms with E-state index in [1.54, 1.807) is 0 Å². The van der Waals surface area contributed by atoms with Crippen LogP contribution in [0.1, 0.15) is 0 Å². The Morgan fingerprint density at radius 2 is 2.60 bits per heavy atom. The maximum atomic E-state index is 2.59. The topological polar surface area (TPSA) is 0 Å². The van der Waals surface area contributed by atoms with Crippen molar-refractivity contribution in [1.29, 1.82) is 0 Å². The molecule has 0 radical (unpaired) electrons. The van der Waals surface area contributed by atoms with Gasteiger partial charge in [-0.15, -0.1) is 0 Å². The molecule has 0 spiro atoms. The Morgan fingerprint density at radius 3 is 2.80 bits per heavy atom. The second kappa shape index (κ2) is 2.48. The minimum absolute atomic E-state index is 0.0784. The normalized spacial score (nSPS) is 17.6. The first-order chi connectivity index (χ1) is 2.50. The standard InChI is InChI=1S/C2H2.CH.Bi.Sb.H/c1-2;;;;/h1-2H;1H;;;. The van der Waals surface area contributed by atoms with Crippen molar-refractivity contribution in [2.24, 2.45) is 0 Å². The maximum absolute atomic E-state index is 2.59. The molecule has 5 heavy (non-hydrogen) atoms. The molecular formula is C3H4BiSb. The van der Waals surface area contributed by atoms with Gasteiger partial charge in [-0.3, -0.25) is 0 Å². The molecule has 0 N–H and O–H groups in total. The molecule has 0 aromatic rings. The van der Waals surface area contributed by atoms with Gasteiger partial charge < -0.3 is 0 Å². The zero-order valence-corrected chi connectivity index (χ0v) is 9.12. The van der Waals surface area contributed by atoms with Crippen molar-refractivity contribution in [2.75, 3.05) is 0 Å². The van der Waals surface area contributed by atoms with Crippen LogP contribution in [0, 0.1) is 0 Å². The van der Waals surface area contributed by atoms with E-state index in [1.807, 2.05) is 0 Å². The van der Waals surface area contributed by atoms with Crippen LogP contribution in [0.5, 0.6) is 0 Å². The number of hydrogen-bond acceptors (Lipinski definition) is 0. The summed E-state index contributed by atoms with van der Waals surface area (Å²) in [6.07, 6.45) is 0. The first kappa shape index (κ1) is 4.47. The van der Waals surface area contributed by atoms with Gasteiger partial charge in [0.25, 0.3) is 0 Å². The van der Waals surface area contributed by atoms with E-state index in [0.29, 0.717) is 0 Å². The zero-order valence-electron chi connectivity index (χ0n) is 2.68. The molecule has 0 saturated heterocycles. The van der Waals surface area contributed by atoms with Crippen LogP contribution in [0.25, 0.3) is 0 Å². The van der Waals surface area contributed by atoms with Crippen LogP contribution >= 0.6 is 0 Å². The van der Waals surface area contributed by atoms with Crippen molar-refractivity contribution in [3.05, 3.63) is 7.81 Å². The molecule has 1 heterocycles. The van der Waals surface area contributed by atoms with Gasteiger partial charge in [0.15, 0.2) is 0 Å². The summed E-state index contributed by atoms with van der Waals surface area (Å²) in [5, 5.41) is 0. The van der Waals surface area contributed by atoms with Crippen LogP contribution in [0.15, 0.2) is 7.81 Å². The molecule has 1 rings (SSSR count). The second-order valence-corrected chi connectivity index (χ2v) is 12.5. The summed E-state index contributed by atoms with van der Waals surface area (Å²) < 4.78 is 7.45. The molecule has 1 aliphatic rings. The SMILES string of the molecule is [CH]1=[CH][BiH][CH]=[Sb]1. The van der Waals surface area contributed by atoms with Crippen LogP contribution in [-0.2, 0) is 0 Å². The average molecular weight is 371 g/mol. The molecular weight excluding hydrogens is 367 g/mol. The fourth-order valence-electron chi connectivity index (χ4n) is 0.215. The third kappa shape index (κ3) is 1.46. The summed E-state index contributed by atoms with van der Waals surface area (Å²) in [6, 6.07) is 0. The molecule has 1 aliphatic heterocycles. The number of rotatable bonds is 0. The molecule has 2 heteroatoms. The quantitative estimate of drug-likeness (QED) is 0.498. The monoisotopic (exact) mass is 370 g/mol. The molecule has 0 nitrogen and oxygen atoms in total. The van der Waals surface area contributed by atoms with E-state index in [1.165, 1.54) is 0 Å². The Morgan fingerprint density at radius 1 is 1.60 bits per heavy atom. The summed E-state index contributed by atoms with van der Waals surface area (Å²) in [7, 11) is 0. The van der Waals surface area contributed by atoms with E-state index < -0.39 is 0 Å². The van der Waals surface area contributed by atoms with E-state index in [2.05, 4.69) is 9.47 Å². The van der Waals surface area contributed by atoms with E-state index in [-0.39, 0.29) is 44.4 Å².